The number of rotatable bonds is 4. The van der Waals surface area contributed by atoms with Gasteiger partial charge >= 0.3 is 0 Å². The van der Waals surface area contributed by atoms with Crippen LogP contribution in [0.3, 0.4) is 0 Å². The summed E-state index contributed by atoms with van der Waals surface area (Å²) in [5.74, 6) is 2.28. The van der Waals surface area contributed by atoms with Crippen molar-refractivity contribution in [1.82, 2.24) is 14.5 Å². The van der Waals surface area contributed by atoms with E-state index in [1.54, 1.807) is 0 Å². The van der Waals surface area contributed by atoms with E-state index in [9.17, 15) is 4.79 Å². The lowest BCUT2D eigenvalue weighted by molar-refractivity contribution is 0.102. The lowest BCUT2D eigenvalue weighted by Gasteiger charge is -2.32. The van der Waals surface area contributed by atoms with Crippen molar-refractivity contribution < 1.29 is 4.79 Å². The number of amides is 1. The maximum atomic E-state index is 12.7. The number of benzene rings is 1. The first kappa shape index (κ1) is 18.2. The van der Waals surface area contributed by atoms with Crippen molar-refractivity contribution in [2.75, 3.05) is 23.3 Å². The molecule has 0 bridgehead atoms. The molecule has 2 fully saturated rings. The van der Waals surface area contributed by atoms with Gasteiger partial charge in [-0.15, -0.1) is 0 Å². The van der Waals surface area contributed by atoms with Crippen LogP contribution in [0, 0.1) is 5.92 Å². The number of nitrogens with one attached hydrogen (secondary N) is 1. The van der Waals surface area contributed by atoms with Gasteiger partial charge in [-0.1, -0.05) is 25.1 Å². The molecule has 2 aliphatic rings. The molecule has 3 heterocycles. The lowest BCUT2D eigenvalue weighted by Crippen LogP contribution is -2.33. The molecule has 1 saturated carbocycles. The number of hydrogen-bond donors (Lipinski definition) is 1. The molecule has 1 saturated heterocycles. The number of aromatic nitrogens is 3. The summed E-state index contributed by atoms with van der Waals surface area (Å²) in [6.07, 6.45) is 5.83. The fourth-order valence-corrected chi connectivity index (χ4v) is 4.22. The molecule has 5 rings (SSSR count). The third kappa shape index (κ3) is 3.48. The van der Waals surface area contributed by atoms with Crippen LogP contribution in [0.5, 0.6) is 0 Å². The molecule has 29 heavy (non-hydrogen) atoms. The molecule has 0 spiro atoms. The number of imidazole rings is 1. The number of carbonyl (C=O) groups excluding carboxylic acids is 1. The summed E-state index contributed by atoms with van der Waals surface area (Å²) in [7, 11) is 0. The van der Waals surface area contributed by atoms with E-state index in [2.05, 4.69) is 27.8 Å². The molecular formula is C23H27N5O. The van der Waals surface area contributed by atoms with Crippen LogP contribution in [0.4, 0.5) is 11.8 Å². The Morgan fingerprint density at radius 3 is 2.45 bits per heavy atom. The predicted octanol–water partition coefficient (Wildman–Crippen LogP) is 4.64. The van der Waals surface area contributed by atoms with E-state index >= 15 is 0 Å². The highest BCUT2D eigenvalue weighted by molar-refractivity contribution is 6.04. The third-order valence-corrected chi connectivity index (χ3v) is 6.33. The minimum atomic E-state index is -0.133. The van der Waals surface area contributed by atoms with Crippen LogP contribution in [0.15, 0.2) is 42.5 Å². The Labute approximate surface area is 171 Å². The van der Waals surface area contributed by atoms with Crippen molar-refractivity contribution in [3.63, 3.8) is 0 Å². The fourth-order valence-electron chi connectivity index (χ4n) is 4.22. The first-order valence-electron chi connectivity index (χ1n) is 10.7. The van der Waals surface area contributed by atoms with Crippen LogP contribution in [-0.4, -0.2) is 33.5 Å². The lowest BCUT2D eigenvalue weighted by atomic mass is 9.93. The van der Waals surface area contributed by atoms with E-state index in [1.807, 2.05) is 36.4 Å². The molecule has 1 aliphatic carbocycles. The molecule has 0 radical (unpaired) electrons. The summed E-state index contributed by atoms with van der Waals surface area (Å²) in [4.78, 5) is 24.8. The standard InChI is InChI=1S/C23H27N5O/c1-16-12-14-27(15-13-16)20-11-10-19-21(25-20)28(18-8-5-9-18)23(24-19)26-22(29)17-6-3-2-4-7-17/h2-4,6-7,10-11,16,18H,5,8-9,12-15H2,1H3,(H,24,26,29). The van der Waals surface area contributed by atoms with Crippen molar-refractivity contribution in [3.05, 3.63) is 48.0 Å². The van der Waals surface area contributed by atoms with Gasteiger partial charge in [-0.05, 0) is 62.3 Å². The van der Waals surface area contributed by atoms with E-state index in [1.165, 1.54) is 19.3 Å². The third-order valence-electron chi connectivity index (χ3n) is 6.33. The summed E-state index contributed by atoms with van der Waals surface area (Å²) in [5, 5.41) is 3.03. The summed E-state index contributed by atoms with van der Waals surface area (Å²) in [6, 6.07) is 13.8. The van der Waals surface area contributed by atoms with Gasteiger partial charge in [-0.3, -0.25) is 14.7 Å². The van der Waals surface area contributed by atoms with E-state index in [4.69, 9.17) is 9.97 Å². The number of nitrogens with zero attached hydrogens (tertiary/aromatic N) is 4. The highest BCUT2D eigenvalue weighted by atomic mass is 16.1. The van der Waals surface area contributed by atoms with Crippen LogP contribution >= 0.6 is 0 Å². The first-order valence-corrected chi connectivity index (χ1v) is 10.7. The SMILES string of the molecule is CC1CCN(c2ccc3nc(NC(=O)c4ccccc4)n(C4CCC4)c3n2)CC1. The van der Waals surface area contributed by atoms with Gasteiger partial charge in [0.15, 0.2) is 5.65 Å². The summed E-state index contributed by atoms with van der Waals surface area (Å²) in [5.41, 5.74) is 2.36. The molecule has 1 aromatic carbocycles. The van der Waals surface area contributed by atoms with Crippen molar-refractivity contribution in [2.24, 2.45) is 5.92 Å². The molecule has 6 heteroatoms. The zero-order valence-electron chi connectivity index (χ0n) is 16.8. The van der Waals surface area contributed by atoms with Gasteiger partial charge in [-0.25, -0.2) is 9.97 Å². The Hall–Kier alpha value is -2.89. The Bertz CT molecular complexity index is 1020. The summed E-state index contributed by atoms with van der Waals surface area (Å²) >= 11 is 0. The summed E-state index contributed by atoms with van der Waals surface area (Å²) in [6.45, 7) is 4.42. The average molecular weight is 390 g/mol. The topological polar surface area (TPSA) is 63.1 Å². The second-order valence-corrected chi connectivity index (χ2v) is 8.39. The number of pyridine rings is 1. The van der Waals surface area contributed by atoms with Crippen molar-refractivity contribution in [1.29, 1.82) is 0 Å². The van der Waals surface area contributed by atoms with E-state index in [0.717, 1.165) is 48.8 Å². The Balaban J connectivity index is 1.50. The van der Waals surface area contributed by atoms with E-state index in [-0.39, 0.29) is 5.91 Å². The van der Waals surface area contributed by atoms with Crippen molar-refractivity contribution in [2.45, 2.75) is 45.1 Å². The molecule has 0 atom stereocenters. The highest BCUT2D eigenvalue weighted by Gasteiger charge is 2.27. The Morgan fingerprint density at radius 2 is 1.76 bits per heavy atom. The minimum Gasteiger partial charge on any atom is -0.357 e. The first-order chi connectivity index (χ1) is 14.2. The van der Waals surface area contributed by atoms with Crippen LogP contribution in [0.25, 0.3) is 11.2 Å². The van der Waals surface area contributed by atoms with Gasteiger partial charge in [0.1, 0.15) is 11.3 Å². The molecule has 1 amide bonds. The smallest absolute Gasteiger partial charge is 0.257 e. The van der Waals surface area contributed by atoms with Gasteiger partial charge in [-0.2, -0.15) is 0 Å². The number of piperidine rings is 1. The van der Waals surface area contributed by atoms with Gasteiger partial charge in [0.05, 0.1) is 0 Å². The fraction of sp³-hybridized carbons (Fsp3) is 0.435. The van der Waals surface area contributed by atoms with Crippen LogP contribution in [0.2, 0.25) is 0 Å². The monoisotopic (exact) mass is 389 g/mol. The van der Waals surface area contributed by atoms with Crippen molar-refractivity contribution in [3.8, 4) is 0 Å². The maximum absolute atomic E-state index is 12.7. The van der Waals surface area contributed by atoms with Crippen LogP contribution < -0.4 is 10.2 Å². The molecule has 1 N–H and O–H groups in total. The number of fused-ring (bicyclic) bond motifs is 1. The Kier molecular flexibility index (Phi) is 4.70. The largest absolute Gasteiger partial charge is 0.357 e. The zero-order valence-corrected chi connectivity index (χ0v) is 16.8. The van der Waals surface area contributed by atoms with E-state index in [0.29, 0.717) is 17.6 Å². The quantitative estimate of drug-likeness (QED) is 0.706. The van der Waals surface area contributed by atoms with Gasteiger partial charge in [0, 0.05) is 24.7 Å². The second-order valence-electron chi connectivity index (χ2n) is 8.39. The number of hydrogen-bond acceptors (Lipinski definition) is 4. The van der Waals surface area contributed by atoms with Gasteiger partial charge in [0.2, 0.25) is 5.95 Å². The zero-order chi connectivity index (χ0) is 19.8. The summed E-state index contributed by atoms with van der Waals surface area (Å²) < 4.78 is 2.15. The molecule has 1 aliphatic heterocycles. The molecule has 6 nitrogen and oxygen atoms in total. The molecule has 2 aromatic heterocycles. The molecule has 3 aromatic rings. The molecule has 150 valence electrons. The maximum Gasteiger partial charge on any atom is 0.257 e. The van der Waals surface area contributed by atoms with Gasteiger partial charge in [0.25, 0.3) is 5.91 Å². The average Bonchev–Trinajstić information content (AvgIpc) is 3.05. The number of anilines is 2. The van der Waals surface area contributed by atoms with Crippen molar-refractivity contribution >= 4 is 28.8 Å². The highest BCUT2D eigenvalue weighted by Crippen LogP contribution is 2.37. The normalized spacial score (nSPS) is 18.0. The minimum absolute atomic E-state index is 0.133. The predicted molar refractivity (Wildman–Crippen MR) is 115 cm³/mol. The van der Waals surface area contributed by atoms with Gasteiger partial charge < -0.3 is 4.90 Å². The number of carbonyl (C=O) groups is 1. The molecular weight excluding hydrogens is 362 g/mol. The van der Waals surface area contributed by atoms with E-state index < -0.39 is 0 Å². The second kappa shape index (κ2) is 7.50. The Morgan fingerprint density at radius 1 is 1.00 bits per heavy atom. The molecule has 0 unspecified atom stereocenters. The van der Waals surface area contributed by atoms with Crippen LogP contribution in [0.1, 0.15) is 55.4 Å². The van der Waals surface area contributed by atoms with Crippen LogP contribution in [-0.2, 0) is 0 Å².